The van der Waals surface area contributed by atoms with Gasteiger partial charge in [0, 0.05) is 42.8 Å². The van der Waals surface area contributed by atoms with Crippen molar-refractivity contribution in [3.8, 4) is 5.75 Å². The zero-order valence-electron chi connectivity index (χ0n) is 20.9. The van der Waals surface area contributed by atoms with Crippen LogP contribution in [-0.2, 0) is 14.9 Å². The fourth-order valence-corrected chi connectivity index (χ4v) is 6.66. The molecule has 6 rings (SSSR count). The van der Waals surface area contributed by atoms with Gasteiger partial charge >= 0.3 is 10.1 Å². The number of para-hydroxylation sites is 1. The second-order valence-electron chi connectivity index (χ2n) is 9.17. The predicted octanol–water partition coefficient (Wildman–Crippen LogP) is 5.40. The molecule has 0 aliphatic carbocycles. The second kappa shape index (κ2) is 10.6. The van der Waals surface area contributed by atoms with Gasteiger partial charge in [-0.15, -0.1) is 0 Å². The first kappa shape index (κ1) is 25.2. The Morgan fingerprint density at radius 3 is 2.26 bits per heavy atom. The Balaban J connectivity index is 1.15. The van der Waals surface area contributed by atoms with Crippen molar-refractivity contribution in [3.63, 3.8) is 0 Å². The molecule has 9 heteroatoms. The number of thioether (sulfide) groups is 1. The molecule has 4 aromatic carbocycles. The number of hydrogen-bond donors (Lipinski definition) is 0. The maximum absolute atomic E-state index is 12.8. The number of piperazine rings is 1. The third-order valence-electron chi connectivity index (χ3n) is 6.70. The molecule has 0 unspecified atom stereocenters. The fourth-order valence-electron chi connectivity index (χ4n) is 4.73. The molecular formula is C30H25N3O4S2. The molecule has 2 aliphatic rings. The zero-order valence-corrected chi connectivity index (χ0v) is 22.6. The van der Waals surface area contributed by atoms with Crippen molar-refractivity contribution in [1.29, 1.82) is 0 Å². The van der Waals surface area contributed by atoms with E-state index in [0.717, 1.165) is 26.2 Å². The highest BCUT2D eigenvalue weighted by molar-refractivity contribution is 8.18. The molecule has 7 nitrogen and oxygen atoms in total. The van der Waals surface area contributed by atoms with Crippen LogP contribution in [0.2, 0.25) is 0 Å². The molecule has 0 saturated carbocycles. The summed E-state index contributed by atoms with van der Waals surface area (Å²) in [6.45, 7) is 3.11. The molecule has 39 heavy (non-hydrogen) atoms. The molecule has 0 N–H and O–H groups in total. The van der Waals surface area contributed by atoms with Gasteiger partial charge in [-0.2, -0.15) is 13.4 Å². The first-order chi connectivity index (χ1) is 19.0. The number of nitrogens with zero attached hydrogens (tertiary/aromatic N) is 3. The summed E-state index contributed by atoms with van der Waals surface area (Å²) in [6, 6.07) is 29.5. The van der Waals surface area contributed by atoms with E-state index in [-0.39, 0.29) is 16.6 Å². The molecule has 2 aliphatic heterocycles. The van der Waals surface area contributed by atoms with Gasteiger partial charge in [0.1, 0.15) is 10.6 Å². The molecule has 0 aromatic heterocycles. The molecule has 4 aromatic rings. The van der Waals surface area contributed by atoms with Crippen molar-refractivity contribution in [2.75, 3.05) is 31.1 Å². The smallest absolute Gasteiger partial charge is 0.339 e. The zero-order chi connectivity index (χ0) is 26.8. The first-order valence-corrected chi connectivity index (χ1v) is 14.8. The number of fused-ring (bicyclic) bond motifs is 1. The number of carbonyl (C=O) groups is 1. The lowest BCUT2D eigenvalue weighted by Gasteiger charge is -2.37. The van der Waals surface area contributed by atoms with E-state index in [9.17, 15) is 13.2 Å². The number of hydrogen-bond acceptors (Lipinski definition) is 7. The van der Waals surface area contributed by atoms with Crippen molar-refractivity contribution in [2.45, 2.75) is 4.90 Å². The minimum absolute atomic E-state index is 0.0621. The third-order valence-corrected chi connectivity index (χ3v) is 9.00. The first-order valence-electron chi connectivity index (χ1n) is 12.6. The predicted molar refractivity (Wildman–Crippen MR) is 156 cm³/mol. The Hall–Kier alpha value is -4.08. The maximum Gasteiger partial charge on any atom is 0.339 e. The molecule has 196 valence electrons. The lowest BCUT2D eigenvalue weighted by atomic mass is 10.1. The summed E-state index contributed by atoms with van der Waals surface area (Å²) in [7, 11) is -4.02. The highest BCUT2D eigenvalue weighted by atomic mass is 32.2. The van der Waals surface area contributed by atoms with Gasteiger partial charge in [-0.3, -0.25) is 4.79 Å². The standard InChI is InChI=1S/C30H25N3O4S2/c34-29-28(21-23-10-5-7-16-27(23)37-39(35,36)24-12-2-1-3-13-24)38-30(31-29)33-19-17-32(18-20-33)26-15-8-11-22-9-4-6-14-25(22)26/h1-16,21H,17-20H2/b28-21-. The van der Waals surface area contributed by atoms with Gasteiger partial charge in [0.05, 0.1) is 4.91 Å². The van der Waals surface area contributed by atoms with Crippen LogP contribution in [0.5, 0.6) is 5.75 Å². The van der Waals surface area contributed by atoms with E-state index >= 15 is 0 Å². The van der Waals surface area contributed by atoms with Crippen molar-refractivity contribution in [1.82, 2.24) is 4.90 Å². The van der Waals surface area contributed by atoms with Crippen LogP contribution < -0.4 is 9.08 Å². The summed E-state index contributed by atoms with van der Waals surface area (Å²) >= 11 is 1.31. The van der Waals surface area contributed by atoms with Gasteiger partial charge < -0.3 is 14.0 Å². The Morgan fingerprint density at radius 1 is 0.769 bits per heavy atom. The van der Waals surface area contributed by atoms with E-state index in [1.165, 1.54) is 40.4 Å². The van der Waals surface area contributed by atoms with E-state index in [0.29, 0.717) is 15.6 Å². The molecule has 0 spiro atoms. The molecule has 1 amide bonds. The topological polar surface area (TPSA) is 79.3 Å². The largest absolute Gasteiger partial charge is 0.378 e. The van der Waals surface area contributed by atoms with E-state index in [2.05, 4.69) is 51.2 Å². The van der Waals surface area contributed by atoms with Gasteiger partial charge in [0.15, 0.2) is 5.17 Å². The lowest BCUT2D eigenvalue weighted by molar-refractivity contribution is -0.113. The van der Waals surface area contributed by atoms with Crippen LogP contribution in [0.3, 0.4) is 0 Å². The van der Waals surface area contributed by atoms with Gasteiger partial charge in [-0.25, -0.2) is 0 Å². The highest BCUT2D eigenvalue weighted by Gasteiger charge is 2.29. The Bertz CT molecular complexity index is 1710. The van der Waals surface area contributed by atoms with Crippen molar-refractivity contribution < 1.29 is 17.4 Å². The number of anilines is 1. The molecule has 0 atom stereocenters. The molecule has 1 fully saturated rings. The van der Waals surface area contributed by atoms with Gasteiger partial charge in [0.25, 0.3) is 5.91 Å². The lowest BCUT2D eigenvalue weighted by Crippen LogP contribution is -2.47. The average Bonchev–Trinajstić information content (AvgIpc) is 3.34. The highest BCUT2D eigenvalue weighted by Crippen LogP contribution is 2.34. The maximum atomic E-state index is 12.8. The fraction of sp³-hybridized carbons (Fsp3) is 0.133. The number of rotatable bonds is 5. The number of amidine groups is 1. The van der Waals surface area contributed by atoms with Crippen LogP contribution in [0.15, 0.2) is 112 Å². The van der Waals surface area contributed by atoms with Crippen LogP contribution >= 0.6 is 11.8 Å². The van der Waals surface area contributed by atoms with Crippen molar-refractivity contribution >= 4 is 55.5 Å². The Kier molecular flexibility index (Phi) is 6.85. The summed E-state index contributed by atoms with van der Waals surface area (Å²) in [4.78, 5) is 22.1. The number of carbonyl (C=O) groups excluding carboxylic acids is 1. The number of benzene rings is 4. The molecule has 2 heterocycles. The van der Waals surface area contributed by atoms with Crippen LogP contribution in [0, 0.1) is 0 Å². The SMILES string of the molecule is O=C1N=C(N2CCN(c3cccc4ccccc34)CC2)S/C1=C\c1ccccc1OS(=O)(=O)c1ccccc1. The van der Waals surface area contributed by atoms with Crippen molar-refractivity contribution in [2.24, 2.45) is 4.99 Å². The normalized spacial score (nSPS) is 17.1. The summed E-state index contributed by atoms with van der Waals surface area (Å²) in [5.41, 5.74) is 1.71. The van der Waals surface area contributed by atoms with E-state index < -0.39 is 10.1 Å². The van der Waals surface area contributed by atoms with E-state index in [1.807, 2.05) is 6.07 Å². The summed E-state index contributed by atoms with van der Waals surface area (Å²) < 4.78 is 31.0. The third kappa shape index (κ3) is 5.28. The van der Waals surface area contributed by atoms with E-state index in [4.69, 9.17) is 4.18 Å². The second-order valence-corrected chi connectivity index (χ2v) is 11.7. The summed E-state index contributed by atoms with van der Waals surface area (Å²) in [6.07, 6.45) is 1.64. The Labute approximate surface area is 231 Å². The quantitative estimate of drug-likeness (QED) is 0.241. The van der Waals surface area contributed by atoms with Gasteiger partial charge in [-0.1, -0.05) is 72.8 Å². The molecule has 1 saturated heterocycles. The van der Waals surface area contributed by atoms with Crippen LogP contribution in [0.4, 0.5) is 5.69 Å². The molecular weight excluding hydrogens is 530 g/mol. The summed E-state index contributed by atoms with van der Waals surface area (Å²) in [5.74, 6) is -0.188. The van der Waals surface area contributed by atoms with Crippen LogP contribution in [0.25, 0.3) is 16.8 Å². The monoisotopic (exact) mass is 555 g/mol. The molecule has 0 radical (unpaired) electrons. The number of aliphatic imine (C=N–C) groups is 1. The Morgan fingerprint density at radius 2 is 1.44 bits per heavy atom. The summed E-state index contributed by atoms with van der Waals surface area (Å²) in [5, 5.41) is 3.12. The van der Waals surface area contributed by atoms with Gasteiger partial charge in [0.2, 0.25) is 0 Å². The number of amides is 1. The average molecular weight is 556 g/mol. The molecule has 0 bridgehead atoms. The van der Waals surface area contributed by atoms with Gasteiger partial charge in [-0.05, 0) is 47.5 Å². The van der Waals surface area contributed by atoms with Crippen molar-refractivity contribution in [3.05, 3.63) is 108 Å². The van der Waals surface area contributed by atoms with Crippen LogP contribution in [-0.4, -0.2) is 50.6 Å². The van der Waals surface area contributed by atoms with Crippen LogP contribution in [0.1, 0.15) is 5.56 Å². The minimum atomic E-state index is -4.02. The van der Waals surface area contributed by atoms with E-state index in [1.54, 1.807) is 48.5 Å². The minimum Gasteiger partial charge on any atom is -0.378 e.